The minimum absolute atomic E-state index is 0.0158. The first kappa shape index (κ1) is 11.2. The van der Waals surface area contributed by atoms with Crippen molar-refractivity contribution in [2.75, 3.05) is 0 Å². The summed E-state index contributed by atoms with van der Waals surface area (Å²) in [6.07, 6.45) is 0.577. The number of aryl methyl sites for hydroxylation is 1. The Hall–Kier alpha value is -1.84. The molecule has 0 aromatic heterocycles. The first-order valence-corrected chi connectivity index (χ1v) is 4.57. The molecule has 0 radical (unpaired) electrons. The molecule has 4 heteroatoms. The monoisotopic (exact) mass is 208 g/mol. The first-order valence-electron chi connectivity index (χ1n) is 4.57. The average Bonchev–Trinajstić information content (AvgIpc) is 2.16. The summed E-state index contributed by atoms with van der Waals surface area (Å²) in [6, 6.07) is 2.70. The van der Waals surface area contributed by atoms with Crippen molar-refractivity contribution in [1.82, 2.24) is 0 Å². The van der Waals surface area contributed by atoms with Crippen LogP contribution in [0.5, 0.6) is 0 Å². The Labute approximate surface area is 87.2 Å². The van der Waals surface area contributed by atoms with Crippen molar-refractivity contribution in [3.63, 3.8) is 0 Å². The summed E-state index contributed by atoms with van der Waals surface area (Å²) >= 11 is 0. The van der Waals surface area contributed by atoms with Crippen LogP contribution in [0.4, 0.5) is 0 Å². The van der Waals surface area contributed by atoms with Crippen molar-refractivity contribution in [3.8, 4) is 0 Å². The van der Waals surface area contributed by atoms with E-state index in [9.17, 15) is 9.59 Å². The van der Waals surface area contributed by atoms with Crippen LogP contribution in [0.25, 0.3) is 0 Å². The zero-order valence-electron chi connectivity index (χ0n) is 8.57. The fourth-order valence-electron chi connectivity index (χ4n) is 1.60. The molecule has 1 aromatic rings. The van der Waals surface area contributed by atoms with Crippen molar-refractivity contribution >= 4 is 11.9 Å². The molecule has 1 aromatic carbocycles. The smallest absolute Gasteiger partial charge is 0.335 e. The molecule has 0 amide bonds. The number of carboxylic acids is 2. The van der Waals surface area contributed by atoms with Gasteiger partial charge in [-0.1, -0.05) is 6.92 Å². The summed E-state index contributed by atoms with van der Waals surface area (Å²) in [7, 11) is 0. The highest BCUT2D eigenvalue weighted by Gasteiger charge is 2.15. The van der Waals surface area contributed by atoms with E-state index in [2.05, 4.69) is 0 Å². The Bertz CT molecular complexity index is 421. The van der Waals surface area contributed by atoms with Gasteiger partial charge >= 0.3 is 11.9 Å². The Balaban J connectivity index is 3.45. The molecule has 1 rings (SSSR count). The molecule has 0 bridgehead atoms. The molecule has 0 saturated carbocycles. The molecule has 0 atom stereocenters. The maximum Gasteiger partial charge on any atom is 0.335 e. The molecular formula is C11H12O4. The quantitative estimate of drug-likeness (QED) is 0.796. The van der Waals surface area contributed by atoms with Gasteiger partial charge in [0.25, 0.3) is 0 Å². The Morgan fingerprint density at radius 3 is 2.20 bits per heavy atom. The maximum atomic E-state index is 10.9. The number of hydrogen-bond acceptors (Lipinski definition) is 2. The largest absolute Gasteiger partial charge is 0.478 e. The molecule has 0 fully saturated rings. The highest BCUT2D eigenvalue weighted by atomic mass is 16.4. The summed E-state index contributed by atoms with van der Waals surface area (Å²) in [6.45, 7) is 3.56. The fraction of sp³-hybridized carbons (Fsp3) is 0.273. The van der Waals surface area contributed by atoms with Crippen LogP contribution in [-0.4, -0.2) is 22.2 Å². The molecule has 80 valence electrons. The molecule has 0 aliphatic carbocycles. The van der Waals surface area contributed by atoms with Crippen molar-refractivity contribution in [1.29, 1.82) is 0 Å². The van der Waals surface area contributed by atoms with Crippen LogP contribution in [-0.2, 0) is 6.42 Å². The van der Waals surface area contributed by atoms with Gasteiger partial charge in [-0.25, -0.2) is 9.59 Å². The molecule has 0 heterocycles. The average molecular weight is 208 g/mol. The van der Waals surface area contributed by atoms with Crippen LogP contribution in [0.15, 0.2) is 12.1 Å². The van der Waals surface area contributed by atoms with Crippen LogP contribution in [0.3, 0.4) is 0 Å². The summed E-state index contributed by atoms with van der Waals surface area (Å²) < 4.78 is 0. The highest BCUT2D eigenvalue weighted by molar-refractivity contribution is 5.95. The number of carboxylic acid groups (broad SMARTS) is 2. The number of carbonyl (C=O) groups is 2. The van der Waals surface area contributed by atoms with Gasteiger partial charge in [0.05, 0.1) is 11.1 Å². The molecule has 4 nitrogen and oxygen atoms in total. The van der Waals surface area contributed by atoms with Crippen molar-refractivity contribution in [2.45, 2.75) is 20.3 Å². The molecule has 0 spiro atoms. The number of aromatic carboxylic acids is 2. The van der Waals surface area contributed by atoms with Gasteiger partial charge in [-0.15, -0.1) is 0 Å². The normalized spacial score (nSPS) is 10.0. The van der Waals surface area contributed by atoms with Crippen LogP contribution >= 0.6 is 0 Å². The van der Waals surface area contributed by atoms with Gasteiger partial charge in [0, 0.05) is 0 Å². The highest BCUT2D eigenvalue weighted by Crippen LogP contribution is 2.18. The van der Waals surface area contributed by atoms with E-state index in [1.165, 1.54) is 12.1 Å². The van der Waals surface area contributed by atoms with E-state index in [4.69, 9.17) is 10.2 Å². The lowest BCUT2D eigenvalue weighted by molar-refractivity contribution is 0.0695. The zero-order valence-corrected chi connectivity index (χ0v) is 8.57. The lowest BCUT2D eigenvalue weighted by atomic mass is 9.96. The predicted molar refractivity (Wildman–Crippen MR) is 54.5 cm³/mol. The SMILES string of the molecule is CCc1c(C)cc(C(=O)O)cc1C(=O)O. The van der Waals surface area contributed by atoms with Crippen molar-refractivity contribution in [2.24, 2.45) is 0 Å². The van der Waals surface area contributed by atoms with E-state index in [1.54, 1.807) is 6.92 Å². The second-order valence-corrected chi connectivity index (χ2v) is 3.28. The van der Waals surface area contributed by atoms with Crippen LogP contribution in [0.2, 0.25) is 0 Å². The molecule has 0 unspecified atom stereocenters. The minimum atomic E-state index is -1.11. The topological polar surface area (TPSA) is 74.6 Å². The number of rotatable bonds is 3. The summed E-state index contributed by atoms with van der Waals surface area (Å²) in [4.78, 5) is 21.6. The molecule has 15 heavy (non-hydrogen) atoms. The third-order valence-corrected chi connectivity index (χ3v) is 2.30. The molecule has 2 N–H and O–H groups in total. The van der Waals surface area contributed by atoms with Gasteiger partial charge in [-0.2, -0.15) is 0 Å². The Morgan fingerprint density at radius 2 is 1.80 bits per heavy atom. The van der Waals surface area contributed by atoms with E-state index in [0.717, 1.165) is 0 Å². The third kappa shape index (κ3) is 2.15. The summed E-state index contributed by atoms with van der Waals surface area (Å²) in [5.74, 6) is -2.19. The van der Waals surface area contributed by atoms with Crippen molar-refractivity contribution < 1.29 is 19.8 Å². The molecule has 0 aliphatic heterocycles. The van der Waals surface area contributed by atoms with E-state index in [-0.39, 0.29) is 11.1 Å². The number of hydrogen-bond donors (Lipinski definition) is 2. The third-order valence-electron chi connectivity index (χ3n) is 2.30. The van der Waals surface area contributed by atoms with Gasteiger partial charge < -0.3 is 10.2 Å². The molecular weight excluding hydrogens is 196 g/mol. The van der Waals surface area contributed by atoms with Gasteiger partial charge in [0.15, 0.2) is 0 Å². The fourth-order valence-corrected chi connectivity index (χ4v) is 1.60. The zero-order chi connectivity index (χ0) is 11.6. The Kier molecular flexibility index (Phi) is 3.09. The lowest BCUT2D eigenvalue weighted by Gasteiger charge is -2.08. The Morgan fingerprint density at radius 1 is 1.20 bits per heavy atom. The van der Waals surface area contributed by atoms with Crippen LogP contribution in [0.1, 0.15) is 38.8 Å². The first-order chi connectivity index (χ1) is 6.97. The minimum Gasteiger partial charge on any atom is -0.478 e. The van der Waals surface area contributed by atoms with Crippen LogP contribution < -0.4 is 0 Å². The molecule has 0 saturated heterocycles. The van der Waals surface area contributed by atoms with Gasteiger partial charge in [0.1, 0.15) is 0 Å². The van der Waals surface area contributed by atoms with Gasteiger partial charge in [-0.3, -0.25) is 0 Å². The molecule has 0 aliphatic rings. The van der Waals surface area contributed by atoms with Gasteiger partial charge in [-0.05, 0) is 36.6 Å². The standard InChI is InChI=1S/C11H12O4/c1-3-8-6(2)4-7(10(12)13)5-9(8)11(14)15/h4-5H,3H2,1-2H3,(H,12,13)(H,14,15). The van der Waals surface area contributed by atoms with Crippen LogP contribution in [0, 0.1) is 6.92 Å². The van der Waals surface area contributed by atoms with E-state index < -0.39 is 11.9 Å². The predicted octanol–water partition coefficient (Wildman–Crippen LogP) is 1.95. The van der Waals surface area contributed by atoms with E-state index in [0.29, 0.717) is 17.5 Å². The number of benzene rings is 1. The van der Waals surface area contributed by atoms with Gasteiger partial charge in [0.2, 0.25) is 0 Å². The summed E-state index contributed by atoms with van der Waals surface area (Å²) in [5, 5.41) is 17.7. The second-order valence-electron chi connectivity index (χ2n) is 3.28. The maximum absolute atomic E-state index is 10.9. The second kappa shape index (κ2) is 4.13. The lowest BCUT2D eigenvalue weighted by Crippen LogP contribution is -2.08. The van der Waals surface area contributed by atoms with E-state index in [1.807, 2.05) is 6.92 Å². The van der Waals surface area contributed by atoms with Crippen molar-refractivity contribution in [3.05, 3.63) is 34.4 Å². The summed E-state index contributed by atoms with van der Waals surface area (Å²) in [5.41, 5.74) is 1.49. The van der Waals surface area contributed by atoms with E-state index >= 15 is 0 Å².